The predicted molar refractivity (Wildman–Crippen MR) is 74.8 cm³/mol. The highest BCUT2D eigenvalue weighted by molar-refractivity contribution is 6.32. The zero-order valence-corrected chi connectivity index (χ0v) is 11.0. The molecule has 0 fully saturated rings. The average Bonchev–Trinajstić information content (AvgIpc) is 2.46. The van der Waals surface area contributed by atoms with Gasteiger partial charge in [0.1, 0.15) is 12.4 Å². The SMILES string of the molecule is N#Cc1cccc(COc2c(Cl)cccc2CN)c1. The van der Waals surface area contributed by atoms with Gasteiger partial charge in [0, 0.05) is 12.1 Å². The topological polar surface area (TPSA) is 59.0 Å². The summed E-state index contributed by atoms with van der Waals surface area (Å²) in [5, 5.41) is 9.39. The van der Waals surface area contributed by atoms with Crippen molar-refractivity contribution in [2.75, 3.05) is 0 Å². The van der Waals surface area contributed by atoms with Crippen molar-refractivity contribution in [2.45, 2.75) is 13.2 Å². The first-order valence-corrected chi connectivity index (χ1v) is 6.21. The molecule has 96 valence electrons. The van der Waals surface area contributed by atoms with E-state index >= 15 is 0 Å². The molecule has 0 saturated heterocycles. The molecule has 19 heavy (non-hydrogen) atoms. The first-order chi connectivity index (χ1) is 9.24. The minimum absolute atomic E-state index is 0.353. The lowest BCUT2D eigenvalue weighted by atomic mass is 10.1. The molecule has 0 unspecified atom stereocenters. The van der Waals surface area contributed by atoms with Crippen LogP contribution in [0.3, 0.4) is 0 Å². The third-order valence-corrected chi connectivity index (χ3v) is 3.01. The summed E-state index contributed by atoms with van der Waals surface area (Å²) < 4.78 is 5.72. The molecule has 0 radical (unpaired) electrons. The molecule has 0 aliphatic carbocycles. The Balaban J connectivity index is 2.17. The number of para-hydroxylation sites is 1. The van der Waals surface area contributed by atoms with Crippen molar-refractivity contribution in [1.82, 2.24) is 0 Å². The highest BCUT2D eigenvalue weighted by Crippen LogP contribution is 2.29. The van der Waals surface area contributed by atoms with Gasteiger partial charge >= 0.3 is 0 Å². The fourth-order valence-electron chi connectivity index (χ4n) is 1.76. The summed E-state index contributed by atoms with van der Waals surface area (Å²) in [5.41, 5.74) is 8.05. The molecule has 0 amide bonds. The number of nitriles is 1. The second-order valence-electron chi connectivity index (χ2n) is 4.03. The van der Waals surface area contributed by atoms with Gasteiger partial charge in [-0.3, -0.25) is 0 Å². The molecule has 0 bridgehead atoms. The Morgan fingerprint density at radius 1 is 1.21 bits per heavy atom. The van der Waals surface area contributed by atoms with E-state index in [1.54, 1.807) is 18.2 Å². The number of nitrogens with zero attached hydrogens (tertiary/aromatic N) is 1. The van der Waals surface area contributed by atoms with Crippen molar-refractivity contribution in [3.8, 4) is 11.8 Å². The maximum absolute atomic E-state index is 8.85. The van der Waals surface area contributed by atoms with Crippen LogP contribution >= 0.6 is 11.6 Å². The summed E-state index contributed by atoms with van der Waals surface area (Å²) in [4.78, 5) is 0. The van der Waals surface area contributed by atoms with Crippen molar-refractivity contribution in [2.24, 2.45) is 5.73 Å². The Labute approximate surface area is 117 Å². The molecule has 0 heterocycles. The van der Waals surface area contributed by atoms with Gasteiger partial charge in [0.2, 0.25) is 0 Å². The standard InChI is InChI=1S/C15H13ClN2O/c16-14-6-2-5-13(9-18)15(14)19-10-12-4-1-3-11(7-12)8-17/h1-7H,9-10,18H2. The second-order valence-corrected chi connectivity index (χ2v) is 4.44. The molecule has 2 rings (SSSR count). The van der Waals surface area contributed by atoms with Crippen molar-refractivity contribution >= 4 is 11.6 Å². The summed E-state index contributed by atoms with van der Waals surface area (Å²) in [6, 6.07) is 14.9. The zero-order valence-electron chi connectivity index (χ0n) is 10.3. The molecular weight excluding hydrogens is 260 g/mol. The van der Waals surface area contributed by atoms with Gasteiger partial charge in [-0.2, -0.15) is 5.26 Å². The van der Waals surface area contributed by atoms with E-state index < -0.39 is 0 Å². The monoisotopic (exact) mass is 272 g/mol. The highest BCUT2D eigenvalue weighted by atomic mass is 35.5. The first-order valence-electron chi connectivity index (χ1n) is 5.84. The van der Waals surface area contributed by atoms with Crippen molar-refractivity contribution in [3.63, 3.8) is 0 Å². The lowest BCUT2D eigenvalue weighted by Gasteiger charge is -2.12. The smallest absolute Gasteiger partial charge is 0.142 e. The summed E-state index contributed by atoms with van der Waals surface area (Å²) in [6.07, 6.45) is 0. The van der Waals surface area contributed by atoms with Crippen molar-refractivity contribution in [3.05, 3.63) is 64.2 Å². The molecule has 4 heteroatoms. The molecule has 3 nitrogen and oxygen atoms in total. The van der Waals surface area contributed by atoms with Crippen LogP contribution in [0.2, 0.25) is 5.02 Å². The van der Waals surface area contributed by atoms with Crippen molar-refractivity contribution < 1.29 is 4.74 Å². The molecule has 0 saturated carbocycles. The maximum atomic E-state index is 8.85. The fraction of sp³-hybridized carbons (Fsp3) is 0.133. The van der Waals surface area contributed by atoms with E-state index in [1.807, 2.05) is 24.3 Å². The van der Waals surface area contributed by atoms with Crippen LogP contribution in [0.1, 0.15) is 16.7 Å². The molecule has 0 aliphatic heterocycles. The van der Waals surface area contributed by atoms with Gasteiger partial charge in [-0.05, 0) is 23.8 Å². The van der Waals surface area contributed by atoms with Gasteiger partial charge in [-0.25, -0.2) is 0 Å². The van der Waals surface area contributed by atoms with E-state index in [9.17, 15) is 0 Å². The number of nitrogens with two attached hydrogens (primary N) is 1. The van der Waals surface area contributed by atoms with E-state index in [2.05, 4.69) is 6.07 Å². The fourth-order valence-corrected chi connectivity index (χ4v) is 2.01. The third-order valence-electron chi connectivity index (χ3n) is 2.71. The van der Waals surface area contributed by atoms with Gasteiger partial charge in [-0.15, -0.1) is 0 Å². The molecule has 0 atom stereocenters. The molecule has 0 spiro atoms. The molecule has 0 aliphatic rings. The number of halogens is 1. The van der Waals surface area contributed by atoms with E-state index in [4.69, 9.17) is 27.3 Å². The zero-order chi connectivity index (χ0) is 13.7. The van der Waals surface area contributed by atoms with E-state index in [0.29, 0.717) is 29.5 Å². The van der Waals surface area contributed by atoms with Gasteiger partial charge in [0.05, 0.1) is 16.7 Å². The largest absolute Gasteiger partial charge is 0.487 e. The molecular formula is C15H13ClN2O. The summed E-state index contributed by atoms with van der Waals surface area (Å²) in [6.45, 7) is 0.723. The minimum Gasteiger partial charge on any atom is -0.487 e. The van der Waals surface area contributed by atoms with Gasteiger partial charge in [-0.1, -0.05) is 35.9 Å². The Kier molecular flexibility index (Phi) is 4.40. The van der Waals surface area contributed by atoms with Crippen LogP contribution in [-0.4, -0.2) is 0 Å². The van der Waals surface area contributed by atoms with Crippen LogP contribution in [0.4, 0.5) is 0 Å². The molecule has 2 aromatic carbocycles. The second kappa shape index (κ2) is 6.24. The van der Waals surface area contributed by atoms with Gasteiger partial charge in [0.25, 0.3) is 0 Å². The third kappa shape index (κ3) is 3.25. The van der Waals surface area contributed by atoms with Crippen LogP contribution in [-0.2, 0) is 13.2 Å². The summed E-state index contributed by atoms with van der Waals surface area (Å²) in [7, 11) is 0. The predicted octanol–water partition coefficient (Wildman–Crippen LogP) is 3.25. The Morgan fingerprint density at radius 2 is 2.00 bits per heavy atom. The van der Waals surface area contributed by atoms with Crippen molar-refractivity contribution in [1.29, 1.82) is 5.26 Å². The quantitative estimate of drug-likeness (QED) is 0.929. The number of benzene rings is 2. The minimum atomic E-state index is 0.353. The van der Waals surface area contributed by atoms with Crippen LogP contribution in [0.5, 0.6) is 5.75 Å². The van der Waals surface area contributed by atoms with Crippen LogP contribution in [0.15, 0.2) is 42.5 Å². The lowest BCUT2D eigenvalue weighted by molar-refractivity contribution is 0.303. The van der Waals surface area contributed by atoms with Crippen LogP contribution < -0.4 is 10.5 Å². The normalized spacial score (nSPS) is 9.95. The summed E-state index contributed by atoms with van der Waals surface area (Å²) in [5.74, 6) is 0.606. The van der Waals surface area contributed by atoms with E-state index in [0.717, 1.165) is 11.1 Å². The number of hydrogen-bond acceptors (Lipinski definition) is 3. The summed E-state index contributed by atoms with van der Waals surface area (Å²) >= 11 is 6.10. The first kappa shape index (κ1) is 13.4. The average molecular weight is 273 g/mol. The number of ether oxygens (including phenoxy) is 1. The number of hydrogen-bond donors (Lipinski definition) is 1. The van der Waals surface area contributed by atoms with Gasteiger partial charge in [0.15, 0.2) is 0 Å². The Morgan fingerprint density at radius 3 is 2.74 bits per heavy atom. The van der Waals surface area contributed by atoms with E-state index in [1.165, 1.54) is 0 Å². The highest BCUT2D eigenvalue weighted by Gasteiger charge is 2.07. The molecule has 2 aromatic rings. The lowest BCUT2D eigenvalue weighted by Crippen LogP contribution is -2.03. The van der Waals surface area contributed by atoms with E-state index in [-0.39, 0.29) is 0 Å². The van der Waals surface area contributed by atoms with Crippen LogP contribution in [0.25, 0.3) is 0 Å². The Hall–Kier alpha value is -2.02. The number of rotatable bonds is 4. The maximum Gasteiger partial charge on any atom is 0.142 e. The molecule has 2 N–H and O–H groups in total. The van der Waals surface area contributed by atoms with Crippen LogP contribution in [0, 0.1) is 11.3 Å². The molecule has 0 aromatic heterocycles. The Bertz CT molecular complexity index is 620. The van der Waals surface area contributed by atoms with Gasteiger partial charge < -0.3 is 10.5 Å².